The molecular weight excluding hydrogens is 442 g/mol. The predicted molar refractivity (Wildman–Crippen MR) is 141 cm³/mol. The van der Waals surface area contributed by atoms with Gasteiger partial charge in [-0.3, -0.25) is 4.79 Å². The van der Waals surface area contributed by atoms with Crippen LogP contribution in [0.25, 0.3) is 0 Å². The molecule has 35 heavy (non-hydrogen) atoms. The zero-order valence-electron chi connectivity index (χ0n) is 21.3. The number of benzene rings is 2. The molecule has 1 amide bonds. The summed E-state index contributed by atoms with van der Waals surface area (Å²) in [5.74, 6) is -0.482. The number of carboxylic acid groups (broad SMARTS) is 1. The van der Waals surface area contributed by atoms with Gasteiger partial charge in [0.2, 0.25) is 0 Å². The van der Waals surface area contributed by atoms with Gasteiger partial charge >= 0.3 is 5.97 Å². The van der Waals surface area contributed by atoms with Gasteiger partial charge in [-0.15, -0.1) is 0 Å². The minimum atomic E-state index is -1.14. The van der Waals surface area contributed by atoms with Crippen molar-refractivity contribution in [1.82, 2.24) is 0 Å². The lowest BCUT2D eigenvalue weighted by Crippen LogP contribution is -2.16. The minimum Gasteiger partial charge on any atom is -0.493 e. The molecule has 2 aromatic carbocycles. The summed E-state index contributed by atoms with van der Waals surface area (Å²) >= 11 is 0. The Kier molecular flexibility index (Phi) is 13.4. The SMILES string of the molecule is CCCCCCCCCCCCCCOc1cc(NC(=O)c2ccccc2C(=O)O)ccc1OC. The fraction of sp³-hybridized carbons (Fsp3) is 0.517. The Balaban J connectivity index is 1.73. The van der Waals surface area contributed by atoms with Gasteiger partial charge in [0, 0.05) is 11.8 Å². The van der Waals surface area contributed by atoms with Crippen LogP contribution in [0.5, 0.6) is 11.5 Å². The van der Waals surface area contributed by atoms with Gasteiger partial charge < -0.3 is 19.9 Å². The molecular formula is C29H41NO5. The van der Waals surface area contributed by atoms with Crippen LogP contribution < -0.4 is 14.8 Å². The molecule has 0 bridgehead atoms. The number of ether oxygens (including phenoxy) is 2. The molecule has 6 heteroatoms. The second-order valence-corrected chi connectivity index (χ2v) is 8.91. The van der Waals surface area contributed by atoms with Gasteiger partial charge in [0.25, 0.3) is 5.91 Å². The van der Waals surface area contributed by atoms with E-state index in [1.165, 1.54) is 76.3 Å². The van der Waals surface area contributed by atoms with Gasteiger partial charge in [-0.25, -0.2) is 4.79 Å². The quantitative estimate of drug-likeness (QED) is 0.212. The lowest BCUT2D eigenvalue weighted by atomic mass is 10.1. The zero-order valence-corrected chi connectivity index (χ0v) is 21.3. The maximum absolute atomic E-state index is 12.6. The first kappa shape index (κ1) is 28.2. The molecule has 2 aromatic rings. The first-order valence-corrected chi connectivity index (χ1v) is 13.0. The molecule has 6 nitrogen and oxygen atoms in total. The van der Waals surface area contributed by atoms with Gasteiger partial charge in [0.15, 0.2) is 11.5 Å². The molecule has 0 atom stereocenters. The van der Waals surface area contributed by atoms with Crippen molar-refractivity contribution in [2.24, 2.45) is 0 Å². The van der Waals surface area contributed by atoms with E-state index in [1.807, 2.05) is 0 Å². The Bertz CT molecular complexity index is 912. The van der Waals surface area contributed by atoms with E-state index in [2.05, 4.69) is 12.2 Å². The summed E-state index contributed by atoms with van der Waals surface area (Å²) in [7, 11) is 1.58. The largest absolute Gasteiger partial charge is 0.493 e. The van der Waals surface area contributed by atoms with E-state index < -0.39 is 11.9 Å². The van der Waals surface area contributed by atoms with Crippen molar-refractivity contribution in [2.75, 3.05) is 19.0 Å². The van der Waals surface area contributed by atoms with Crippen molar-refractivity contribution in [2.45, 2.75) is 84.0 Å². The highest BCUT2D eigenvalue weighted by atomic mass is 16.5. The average Bonchev–Trinajstić information content (AvgIpc) is 2.87. The number of methoxy groups -OCH3 is 1. The van der Waals surface area contributed by atoms with Gasteiger partial charge in [-0.1, -0.05) is 89.7 Å². The van der Waals surface area contributed by atoms with Crippen molar-refractivity contribution in [1.29, 1.82) is 0 Å². The second kappa shape index (κ2) is 16.6. The smallest absolute Gasteiger partial charge is 0.336 e. The first-order chi connectivity index (χ1) is 17.1. The summed E-state index contributed by atoms with van der Waals surface area (Å²) in [6.45, 7) is 2.83. The number of anilines is 1. The van der Waals surface area contributed by atoms with E-state index in [0.29, 0.717) is 23.8 Å². The number of aromatic carboxylic acids is 1. The number of nitrogens with one attached hydrogen (secondary N) is 1. The summed E-state index contributed by atoms with van der Waals surface area (Å²) in [5.41, 5.74) is 0.581. The van der Waals surface area contributed by atoms with Crippen LogP contribution in [0.15, 0.2) is 42.5 Å². The third-order valence-electron chi connectivity index (χ3n) is 6.08. The minimum absolute atomic E-state index is 0.0399. The van der Waals surface area contributed by atoms with Crippen molar-refractivity contribution in [3.8, 4) is 11.5 Å². The third kappa shape index (κ3) is 10.4. The maximum atomic E-state index is 12.6. The Labute approximate surface area is 210 Å². The van der Waals surface area contributed by atoms with E-state index in [1.54, 1.807) is 37.4 Å². The molecule has 192 valence electrons. The number of carboxylic acids is 1. The van der Waals surface area contributed by atoms with E-state index in [4.69, 9.17) is 9.47 Å². The number of hydrogen-bond donors (Lipinski definition) is 2. The van der Waals surface area contributed by atoms with Crippen LogP contribution in [-0.2, 0) is 0 Å². The lowest BCUT2D eigenvalue weighted by Gasteiger charge is -2.13. The topological polar surface area (TPSA) is 84.9 Å². The molecule has 0 aliphatic rings. The molecule has 0 saturated heterocycles. The molecule has 0 heterocycles. The van der Waals surface area contributed by atoms with Crippen molar-refractivity contribution in [3.05, 3.63) is 53.6 Å². The highest BCUT2D eigenvalue weighted by Crippen LogP contribution is 2.31. The molecule has 0 spiro atoms. The number of carbonyl (C=O) groups excluding carboxylic acids is 1. The van der Waals surface area contributed by atoms with Crippen molar-refractivity contribution < 1.29 is 24.2 Å². The summed E-state index contributed by atoms with van der Waals surface area (Å²) in [5, 5.41) is 12.1. The number of carbonyl (C=O) groups is 2. The third-order valence-corrected chi connectivity index (χ3v) is 6.08. The fourth-order valence-corrected chi connectivity index (χ4v) is 4.06. The van der Waals surface area contributed by atoms with E-state index >= 15 is 0 Å². The Morgan fingerprint density at radius 1 is 0.771 bits per heavy atom. The molecule has 0 saturated carbocycles. The van der Waals surface area contributed by atoms with E-state index in [9.17, 15) is 14.7 Å². The summed E-state index contributed by atoms with van der Waals surface area (Å²) in [4.78, 5) is 24.0. The lowest BCUT2D eigenvalue weighted by molar-refractivity contribution is 0.0692. The van der Waals surface area contributed by atoms with E-state index in [0.717, 1.165) is 12.8 Å². The molecule has 0 aliphatic carbocycles. The van der Waals surface area contributed by atoms with Crippen LogP contribution in [0.3, 0.4) is 0 Å². The zero-order chi connectivity index (χ0) is 25.3. The Morgan fingerprint density at radius 3 is 1.91 bits per heavy atom. The summed E-state index contributed by atoms with van der Waals surface area (Å²) < 4.78 is 11.3. The normalized spacial score (nSPS) is 10.7. The molecule has 0 fully saturated rings. The maximum Gasteiger partial charge on any atom is 0.336 e. The van der Waals surface area contributed by atoms with Crippen LogP contribution in [0.2, 0.25) is 0 Å². The first-order valence-electron chi connectivity index (χ1n) is 13.0. The number of rotatable bonds is 18. The Morgan fingerprint density at radius 2 is 1.34 bits per heavy atom. The van der Waals surface area contributed by atoms with Crippen LogP contribution in [-0.4, -0.2) is 30.7 Å². The van der Waals surface area contributed by atoms with Crippen LogP contribution >= 0.6 is 0 Å². The molecule has 2 N–H and O–H groups in total. The predicted octanol–water partition coefficient (Wildman–Crippen LogP) is 7.73. The van der Waals surface area contributed by atoms with Gasteiger partial charge in [-0.2, -0.15) is 0 Å². The standard InChI is InChI=1S/C29H41NO5/c1-3-4-5-6-7-8-9-10-11-12-13-16-21-35-27-22-23(19-20-26(27)34-2)30-28(31)24-17-14-15-18-25(24)29(32)33/h14-15,17-20,22H,3-13,16,21H2,1-2H3,(H,30,31)(H,32,33). The molecule has 0 radical (unpaired) electrons. The van der Waals surface area contributed by atoms with Gasteiger partial charge in [0.05, 0.1) is 24.8 Å². The van der Waals surface area contributed by atoms with Gasteiger partial charge in [-0.05, 0) is 30.7 Å². The van der Waals surface area contributed by atoms with Crippen molar-refractivity contribution >= 4 is 17.6 Å². The fourth-order valence-electron chi connectivity index (χ4n) is 4.06. The Hall–Kier alpha value is -3.02. The molecule has 0 unspecified atom stereocenters. The number of hydrogen-bond acceptors (Lipinski definition) is 4. The van der Waals surface area contributed by atoms with E-state index in [-0.39, 0.29) is 11.1 Å². The number of unbranched alkanes of at least 4 members (excludes halogenated alkanes) is 11. The molecule has 0 aliphatic heterocycles. The van der Waals surface area contributed by atoms with Crippen LogP contribution in [0, 0.1) is 0 Å². The second-order valence-electron chi connectivity index (χ2n) is 8.91. The summed E-state index contributed by atoms with van der Waals surface area (Å²) in [6, 6.07) is 11.3. The number of amides is 1. The van der Waals surface area contributed by atoms with Crippen molar-refractivity contribution in [3.63, 3.8) is 0 Å². The highest BCUT2D eigenvalue weighted by molar-refractivity contribution is 6.10. The molecule has 2 rings (SSSR count). The average molecular weight is 484 g/mol. The highest BCUT2D eigenvalue weighted by Gasteiger charge is 2.16. The monoisotopic (exact) mass is 483 g/mol. The summed E-state index contributed by atoms with van der Waals surface area (Å²) in [6.07, 6.45) is 15.4. The van der Waals surface area contributed by atoms with Crippen LogP contribution in [0.1, 0.15) is 105 Å². The van der Waals surface area contributed by atoms with Crippen LogP contribution in [0.4, 0.5) is 5.69 Å². The molecule has 0 aromatic heterocycles. The van der Waals surface area contributed by atoms with Gasteiger partial charge in [0.1, 0.15) is 0 Å².